The molecule has 0 N–H and O–H groups in total. The van der Waals surface area contributed by atoms with E-state index in [0.29, 0.717) is 19.3 Å². The van der Waals surface area contributed by atoms with Gasteiger partial charge in [0.2, 0.25) is 0 Å². The van der Waals surface area contributed by atoms with Gasteiger partial charge in [0.15, 0.2) is 6.10 Å². The molecule has 0 aromatic rings. The van der Waals surface area contributed by atoms with Crippen molar-refractivity contribution < 1.29 is 28.6 Å². The van der Waals surface area contributed by atoms with Crippen LogP contribution in [0.5, 0.6) is 0 Å². The molecule has 0 bridgehead atoms. The molecule has 0 radical (unpaired) electrons. The highest BCUT2D eigenvalue weighted by Gasteiger charge is 2.19. The standard InChI is InChI=1S/C74H130O6/c1-4-7-10-13-16-19-22-25-28-31-32-33-34-35-36-37-38-39-40-41-42-44-46-49-52-55-58-61-64-67-73(76)79-70-71(69-78-72(75)66-63-60-57-54-51-48-45-30-27-24-21-18-15-12-9-6-3)80-74(77)68-65-62-59-56-53-50-47-43-29-26-23-20-17-14-11-8-5-2/h7,10,16,19,25,28,30,32-33,35-36,38-39,45,71H,4-6,8-9,11-15,17-18,20-24,26-27,29,31,34,37,40-44,46-70H2,1-3H3/b10-7-,19-16-,28-25-,33-32-,36-35-,39-38-,45-30-. The van der Waals surface area contributed by atoms with Crippen molar-refractivity contribution in [3.8, 4) is 0 Å². The molecule has 6 nitrogen and oxygen atoms in total. The molecule has 0 heterocycles. The second-order valence-electron chi connectivity index (χ2n) is 23.1. The summed E-state index contributed by atoms with van der Waals surface area (Å²) in [7, 11) is 0. The van der Waals surface area contributed by atoms with Gasteiger partial charge in [0.25, 0.3) is 0 Å². The quantitative estimate of drug-likeness (QED) is 0.0261. The van der Waals surface area contributed by atoms with E-state index in [2.05, 4.69) is 106 Å². The first-order valence-electron chi connectivity index (χ1n) is 34.6. The second-order valence-corrected chi connectivity index (χ2v) is 23.1. The lowest BCUT2D eigenvalue weighted by molar-refractivity contribution is -0.167. The van der Waals surface area contributed by atoms with Crippen LogP contribution in [0.2, 0.25) is 0 Å². The summed E-state index contributed by atoms with van der Waals surface area (Å²) in [6.45, 7) is 6.56. The molecule has 1 atom stereocenters. The number of carbonyl (C=O) groups is 3. The average molecular weight is 1120 g/mol. The van der Waals surface area contributed by atoms with Gasteiger partial charge in [-0.2, -0.15) is 0 Å². The van der Waals surface area contributed by atoms with Crippen LogP contribution in [0.3, 0.4) is 0 Å². The minimum Gasteiger partial charge on any atom is -0.462 e. The van der Waals surface area contributed by atoms with Crippen molar-refractivity contribution in [2.75, 3.05) is 13.2 Å². The third-order valence-electron chi connectivity index (χ3n) is 15.1. The molecular weight excluding hydrogens is 985 g/mol. The minimum absolute atomic E-state index is 0.0776. The van der Waals surface area contributed by atoms with Crippen molar-refractivity contribution in [1.29, 1.82) is 0 Å². The van der Waals surface area contributed by atoms with Crippen molar-refractivity contribution >= 4 is 17.9 Å². The lowest BCUT2D eigenvalue weighted by Gasteiger charge is -2.18. The van der Waals surface area contributed by atoms with Crippen LogP contribution < -0.4 is 0 Å². The maximum atomic E-state index is 12.9. The summed E-state index contributed by atoms with van der Waals surface area (Å²) < 4.78 is 17.0. The summed E-state index contributed by atoms with van der Waals surface area (Å²) in [5, 5.41) is 0. The third-order valence-corrected chi connectivity index (χ3v) is 15.1. The van der Waals surface area contributed by atoms with Crippen molar-refractivity contribution in [2.24, 2.45) is 0 Å². The zero-order valence-corrected chi connectivity index (χ0v) is 53.1. The van der Waals surface area contributed by atoms with E-state index < -0.39 is 6.10 Å². The summed E-state index contributed by atoms with van der Waals surface area (Å²) in [6, 6.07) is 0. The lowest BCUT2D eigenvalue weighted by Crippen LogP contribution is -2.30. The summed E-state index contributed by atoms with van der Waals surface area (Å²) in [4.78, 5) is 38.4. The van der Waals surface area contributed by atoms with Crippen LogP contribution in [-0.4, -0.2) is 37.2 Å². The highest BCUT2D eigenvalue weighted by Crippen LogP contribution is 2.17. The number of rotatable bonds is 63. The van der Waals surface area contributed by atoms with Crippen molar-refractivity contribution in [1.82, 2.24) is 0 Å². The fraction of sp³-hybridized carbons (Fsp3) is 0.770. The molecule has 0 spiro atoms. The zero-order valence-electron chi connectivity index (χ0n) is 53.1. The molecule has 0 aliphatic rings. The van der Waals surface area contributed by atoms with Gasteiger partial charge in [0, 0.05) is 19.3 Å². The number of allylic oxidation sites excluding steroid dienone is 14. The van der Waals surface area contributed by atoms with Gasteiger partial charge < -0.3 is 14.2 Å². The predicted octanol–water partition coefficient (Wildman–Crippen LogP) is 23.8. The molecule has 0 aromatic heterocycles. The Kier molecular flexibility index (Phi) is 65.2. The van der Waals surface area contributed by atoms with Gasteiger partial charge >= 0.3 is 17.9 Å². The second kappa shape index (κ2) is 68.1. The van der Waals surface area contributed by atoms with Crippen molar-refractivity contribution in [3.63, 3.8) is 0 Å². The molecule has 6 heteroatoms. The summed E-state index contributed by atoms with van der Waals surface area (Å²) in [5.41, 5.74) is 0. The minimum atomic E-state index is -0.781. The largest absolute Gasteiger partial charge is 0.462 e. The molecule has 0 saturated carbocycles. The summed E-state index contributed by atoms with van der Waals surface area (Å²) in [5.74, 6) is -0.870. The molecule has 0 rings (SSSR count). The van der Waals surface area contributed by atoms with Crippen LogP contribution in [0.4, 0.5) is 0 Å². The van der Waals surface area contributed by atoms with Gasteiger partial charge in [0.05, 0.1) is 0 Å². The van der Waals surface area contributed by atoms with E-state index in [4.69, 9.17) is 14.2 Å². The Balaban J connectivity index is 4.30. The van der Waals surface area contributed by atoms with Gasteiger partial charge in [0.1, 0.15) is 13.2 Å². The summed E-state index contributed by atoms with van der Waals surface area (Å²) >= 11 is 0. The molecule has 0 aromatic carbocycles. The highest BCUT2D eigenvalue weighted by atomic mass is 16.6. The molecule has 1 unspecified atom stereocenters. The van der Waals surface area contributed by atoms with Crippen LogP contribution in [-0.2, 0) is 28.6 Å². The van der Waals surface area contributed by atoms with Crippen LogP contribution in [0.25, 0.3) is 0 Å². The van der Waals surface area contributed by atoms with E-state index in [1.807, 2.05) is 0 Å². The Bertz CT molecular complexity index is 1520. The summed E-state index contributed by atoms with van der Waals surface area (Å²) in [6.07, 6.45) is 90.2. The van der Waals surface area contributed by atoms with E-state index in [1.165, 1.54) is 205 Å². The van der Waals surface area contributed by atoms with E-state index >= 15 is 0 Å². The first-order chi connectivity index (χ1) is 39.5. The Hall–Kier alpha value is -3.41. The fourth-order valence-corrected chi connectivity index (χ4v) is 9.97. The van der Waals surface area contributed by atoms with E-state index in [-0.39, 0.29) is 31.1 Å². The smallest absolute Gasteiger partial charge is 0.306 e. The Morgan fingerprint density at radius 1 is 0.263 bits per heavy atom. The first kappa shape index (κ1) is 76.6. The monoisotopic (exact) mass is 1110 g/mol. The van der Waals surface area contributed by atoms with E-state index in [0.717, 1.165) is 103 Å². The Morgan fingerprint density at radius 3 is 0.775 bits per heavy atom. The number of ether oxygens (including phenoxy) is 3. The SMILES string of the molecule is CC/C=C\C/C=C\C/C=C\C/C=C\C/C=C\C/C=C\CCCCCCCCCCCCC(=O)OCC(COC(=O)CCCCCCC/C=C\CCCCCCCCC)OC(=O)CCCCCCCCCCCCCCCCCCC. The van der Waals surface area contributed by atoms with Crippen LogP contribution in [0.1, 0.15) is 348 Å². The molecule has 0 saturated heterocycles. The van der Waals surface area contributed by atoms with E-state index in [1.54, 1.807) is 0 Å². The molecule has 0 aliphatic heterocycles. The van der Waals surface area contributed by atoms with Crippen LogP contribution in [0, 0.1) is 0 Å². The van der Waals surface area contributed by atoms with Crippen molar-refractivity contribution in [2.45, 2.75) is 354 Å². The molecule has 0 fully saturated rings. The van der Waals surface area contributed by atoms with Gasteiger partial charge in [-0.3, -0.25) is 14.4 Å². The number of esters is 3. The molecule has 80 heavy (non-hydrogen) atoms. The maximum Gasteiger partial charge on any atom is 0.306 e. The van der Waals surface area contributed by atoms with Crippen molar-refractivity contribution in [3.05, 3.63) is 85.1 Å². The maximum absolute atomic E-state index is 12.9. The Morgan fingerprint density at radius 2 is 0.487 bits per heavy atom. The van der Waals surface area contributed by atoms with E-state index in [9.17, 15) is 14.4 Å². The molecular formula is C74H130O6. The number of hydrogen-bond donors (Lipinski definition) is 0. The first-order valence-corrected chi connectivity index (χ1v) is 34.6. The lowest BCUT2D eigenvalue weighted by atomic mass is 10.0. The number of unbranched alkanes of at least 4 members (excludes halogenated alkanes) is 38. The van der Waals surface area contributed by atoms with Gasteiger partial charge in [-0.15, -0.1) is 0 Å². The molecule has 0 aliphatic carbocycles. The normalized spacial score (nSPS) is 12.6. The number of carbonyl (C=O) groups excluding carboxylic acids is 3. The van der Waals surface area contributed by atoms with Gasteiger partial charge in [-0.1, -0.05) is 318 Å². The van der Waals surface area contributed by atoms with Gasteiger partial charge in [-0.25, -0.2) is 0 Å². The average Bonchev–Trinajstić information content (AvgIpc) is 3.46. The van der Waals surface area contributed by atoms with Gasteiger partial charge in [-0.05, 0) is 96.3 Å². The third kappa shape index (κ3) is 65.4. The topological polar surface area (TPSA) is 78.9 Å². The predicted molar refractivity (Wildman–Crippen MR) is 348 cm³/mol. The number of hydrogen-bond acceptors (Lipinski definition) is 6. The zero-order chi connectivity index (χ0) is 57.8. The molecule has 0 amide bonds. The Labute approximate surface area is 496 Å². The highest BCUT2D eigenvalue weighted by molar-refractivity contribution is 5.71. The van der Waals surface area contributed by atoms with Crippen LogP contribution in [0.15, 0.2) is 85.1 Å². The fourth-order valence-electron chi connectivity index (χ4n) is 9.97. The molecule has 462 valence electrons. The van der Waals surface area contributed by atoms with Crippen LogP contribution >= 0.6 is 0 Å².